The molecule has 0 N–H and O–H groups in total. The number of carbonyl (C=O) groups is 1. The molecule has 1 heterocycles. The van der Waals surface area contributed by atoms with Crippen molar-refractivity contribution in [3.63, 3.8) is 0 Å². The Morgan fingerprint density at radius 3 is 2.55 bits per heavy atom. The Bertz CT molecular complexity index is 654. The Morgan fingerprint density at radius 1 is 1.15 bits per heavy atom. The molecule has 5 heteroatoms. The van der Waals surface area contributed by atoms with Gasteiger partial charge in [-0.25, -0.2) is 4.98 Å². The van der Waals surface area contributed by atoms with Gasteiger partial charge in [-0.1, -0.05) is 17.7 Å². The lowest BCUT2D eigenvalue weighted by Gasteiger charge is -2.09. The summed E-state index contributed by atoms with van der Waals surface area (Å²) in [7, 11) is 2.93. The molecule has 5 nitrogen and oxygen atoms in total. The number of methoxy groups -OCH3 is 2. The van der Waals surface area contributed by atoms with Crippen LogP contribution in [0.3, 0.4) is 0 Å². The maximum Gasteiger partial charge on any atom is 0.247 e. The first kappa shape index (κ1) is 14.0. The Morgan fingerprint density at radius 2 is 1.90 bits per heavy atom. The van der Waals surface area contributed by atoms with E-state index in [9.17, 15) is 4.79 Å². The van der Waals surface area contributed by atoms with Crippen molar-refractivity contribution in [2.75, 3.05) is 14.2 Å². The van der Waals surface area contributed by atoms with Crippen LogP contribution in [0.25, 0.3) is 0 Å². The highest BCUT2D eigenvalue weighted by Gasteiger charge is 2.20. The van der Waals surface area contributed by atoms with Crippen molar-refractivity contribution < 1.29 is 14.3 Å². The lowest BCUT2D eigenvalue weighted by Crippen LogP contribution is -2.10. The number of ketones is 1. The zero-order valence-electron chi connectivity index (χ0n) is 11.9. The summed E-state index contributed by atoms with van der Waals surface area (Å²) in [6, 6.07) is 5.71. The topological polar surface area (TPSA) is 61.3 Å². The van der Waals surface area contributed by atoms with Crippen molar-refractivity contribution in [1.29, 1.82) is 0 Å². The molecule has 2 aromatic rings. The Hall–Kier alpha value is -2.43. The molecule has 0 saturated carbocycles. The summed E-state index contributed by atoms with van der Waals surface area (Å²) >= 11 is 0. The highest BCUT2D eigenvalue weighted by Crippen LogP contribution is 2.22. The maximum atomic E-state index is 12.6. The molecular weight excluding hydrogens is 256 g/mol. The highest BCUT2D eigenvalue weighted by atomic mass is 16.5. The van der Waals surface area contributed by atoms with E-state index in [1.165, 1.54) is 20.4 Å². The number of hydrogen-bond donors (Lipinski definition) is 0. The molecule has 0 saturated heterocycles. The predicted octanol–water partition coefficient (Wildman–Crippen LogP) is 2.34. The van der Waals surface area contributed by atoms with E-state index in [0.717, 1.165) is 11.1 Å². The average Bonchev–Trinajstić information content (AvgIpc) is 2.48. The molecule has 0 unspecified atom stereocenters. The van der Waals surface area contributed by atoms with Gasteiger partial charge in [0.1, 0.15) is 0 Å². The third-order valence-corrected chi connectivity index (χ3v) is 2.97. The van der Waals surface area contributed by atoms with E-state index in [1.807, 2.05) is 32.0 Å². The number of rotatable bonds is 4. The quantitative estimate of drug-likeness (QED) is 0.799. The molecule has 1 aromatic carbocycles. The third-order valence-electron chi connectivity index (χ3n) is 2.97. The summed E-state index contributed by atoms with van der Waals surface area (Å²) in [5.74, 6) is 0.257. The number of aryl methyl sites for hydroxylation is 2. The molecule has 0 fully saturated rings. The number of hydrogen-bond acceptors (Lipinski definition) is 5. The standard InChI is InChI=1S/C15H16N2O3/c1-9-5-6-10(2)11(7-9)14(18)13-15(20-4)17-12(19-3)8-16-13/h5-8H,1-4H3. The van der Waals surface area contributed by atoms with Crippen molar-refractivity contribution in [3.05, 3.63) is 46.8 Å². The lowest BCUT2D eigenvalue weighted by atomic mass is 10.0. The first-order valence-corrected chi connectivity index (χ1v) is 6.13. The van der Waals surface area contributed by atoms with Crippen molar-refractivity contribution >= 4 is 5.78 Å². The fourth-order valence-corrected chi connectivity index (χ4v) is 1.86. The summed E-state index contributed by atoms with van der Waals surface area (Å²) in [4.78, 5) is 20.8. The van der Waals surface area contributed by atoms with Gasteiger partial charge < -0.3 is 9.47 Å². The van der Waals surface area contributed by atoms with Gasteiger partial charge in [0.25, 0.3) is 0 Å². The monoisotopic (exact) mass is 272 g/mol. The second-order valence-corrected chi connectivity index (χ2v) is 4.42. The zero-order valence-corrected chi connectivity index (χ0v) is 11.9. The third kappa shape index (κ3) is 2.61. The summed E-state index contributed by atoms with van der Waals surface area (Å²) in [5.41, 5.74) is 2.68. The minimum atomic E-state index is -0.210. The van der Waals surface area contributed by atoms with Gasteiger partial charge in [0.15, 0.2) is 5.69 Å². The number of nitrogens with zero attached hydrogens (tertiary/aromatic N) is 2. The largest absolute Gasteiger partial charge is 0.480 e. The number of aromatic nitrogens is 2. The van der Waals surface area contributed by atoms with Crippen molar-refractivity contribution in [2.24, 2.45) is 0 Å². The van der Waals surface area contributed by atoms with Gasteiger partial charge in [-0.3, -0.25) is 4.79 Å². The van der Waals surface area contributed by atoms with E-state index in [0.29, 0.717) is 11.4 Å². The van der Waals surface area contributed by atoms with Crippen LogP contribution in [0.5, 0.6) is 11.8 Å². The van der Waals surface area contributed by atoms with Crippen LogP contribution in [-0.4, -0.2) is 30.0 Å². The Kier molecular flexibility index (Phi) is 3.98. The first-order valence-electron chi connectivity index (χ1n) is 6.13. The second kappa shape index (κ2) is 5.69. The van der Waals surface area contributed by atoms with Crippen LogP contribution in [0.4, 0.5) is 0 Å². The fraction of sp³-hybridized carbons (Fsp3) is 0.267. The fourth-order valence-electron chi connectivity index (χ4n) is 1.86. The van der Waals surface area contributed by atoms with Gasteiger partial charge in [0, 0.05) is 5.56 Å². The molecular formula is C15H16N2O3. The second-order valence-electron chi connectivity index (χ2n) is 4.42. The number of benzene rings is 1. The van der Waals surface area contributed by atoms with Crippen molar-refractivity contribution in [1.82, 2.24) is 9.97 Å². The van der Waals surface area contributed by atoms with Crippen LogP contribution in [0.15, 0.2) is 24.4 Å². The van der Waals surface area contributed by atoms with Gasteiger partial charge in [-0.05, 0) is 25.5 Å². The maximum absolute atomic E-state index is 12.6. The van der Waals surface area contributed by atoms with Crippen LogP contribution in [-0.2, 0) is 0 Å². The van der Waals surface area contributed by atoms with E-state index in [-0.39, 0.29) is 17.4 Å². The van der Waals surface area contributed by atoms with Gasteiger partial charge in [-0.2, -0.15) is 4.98 Å². The summed E-state index contributed by atoms with van der Waals surface area (Å²) in [6.07, 6.45) is 1.40. The SMILES string of the molecule is COc1cnc(C(=O)c2cc(C)ccc2C)c(OC)n1. The normalized spacial score (nSPS) is 10.2. The van der Waals surface area contributed by atoms with Crippen LogP contribution in [0.1, 0.15) is 27.2 Å². The van der Waals surface area contributed by atoms with Crippen molar-refractivity contribution in [2.45, 2.75) is 13.8 Å². The van der Waals surface area contributed by atoms with E-state index in [4.69, 9.17) is 9.47 Å². The van der Waals surface area contributed by atoms with Gasteiger partial charge in [0.05, 0.1) is 20.4 Å². The van der Waals surface area contributed by atoms with Crippen LogP contribution < -0.4 is 9.47 Å². The number of carbonyl (C=O) groups excluding carboxylic acids is 1. The number of ether oxygens (including phenoxy) is 2. The highest BCUT2D eigenvalue weighted by molar-refractivity contribution is 6.10. The summed E-state index contributed by atoms with van der Waals surface area (Å²) in [5, 5.41) is 0. The molecule has 0 aliphatic rings. The molecule has 0 radical (unpaired) electrons. The molecule has 1 aromatic heterocycles. The average molecular weight is 272 g/mol. The van der Waals surface area contributed by atoms with Gasteiger partial charge in [0.2, 0.25) is 17.5 Å². The molecule has 20 heavy (non-hydrogen) atoms. The molecule has 0 amide bonds. The Balaban J connectivity index is 2.50. The van der Waals surface area contributed by atoms with Gasteiger partial charge in [-0.15, -0.1) is 0 Å². The van der Waals surface area contributed by atoms with Crippen LogP contribution in [0, 0.1) is 13.8 Å². The van der Waals surface area contributed by atoms with Crippen molar-refractivity contribution in [3.8, 4) is 11.8 Å². The van der Waals surface area contributed by atoms with E-state index >= 15 is 0 Å². The lowest BCUT2D eigenvalue weighted by molar-refractivity contribution is 0.102. The minimum absolute atomic E-state index is 0.162. The first-order chi connectivity index (χ1) is 9.56. The zero-order chi connectivity index (χ0) is 14.7. The summed E-state index contributed by atoms with van der Waals surface area (Å²) in [6.45, 7) is 3.82. The molecule has 0 bridgehead atoms. The van der Waals surface area contributed by atoms with E-state index in [2.05, 4.69) is 9.97 Å². The smallest absolute Gasteiger partial charge is 0.247 e. The van der Waals surface area contributed by atoms with E-state index in [1.54, 1.807) is 0 Å². The van der Waals surface area contributed by atoms with E-state index < -0.39 is 0 Å². The molecule has 0 atom stereocenters. The molecule has 0 spiro atoms. The Labute approximate surface area is 117 Å². The minimum Gasteiger partial charge on any atom is -0.480 e. The van der Waals surface area contributed by atoms with Crippen LogP contribution >= 0.6 is 0 Å². The molecule has 0 aliphatic heterocycles. The summed E-state index contributed by atoms with van der Waals surface area (Å²) < 4.78 is 10.1. The molecule has 104 valence electrons. The predicted molar refractivity (Wildman–Crippen MR) is 74.5 cm³/mol. The molecule has 2 rings (SSSR count). The van der Waals surface area contributed by atoms with Gasteiger partial charge >= 0.3 is 0 Å². The van der Waals surface area contributed by atoms with Crippen LogP contribution in [0.2, 0.25) is 0 Å². The molecule has 0 aliphatic carbocycles.